The van der Waals surface area contributed by atoms with Crippen molar-refractivity contribution in [1.29, 1.82) is 0 Å². The van der Waals surface area contributed by atoms with E-state index in [9.17, 15) is 50.1 Å². The number of fused-ring (bicyclic) bond motifs is 2. The average molecular weight is 476 g/mol. The highest BCUT2D eigenvalue weighted by Crippen LogP contribution is 2.40. The van der Waals surface area contributed by atoms with Gasteiger partial charge < -0.3 is 45.2 Å². The van der Waals surface area contributed by atoms with Gasteiger partial charge in [-0.25, -0.2) is 4.79 Å². The van der Waals surface area contributed by atoms with Crippen LogP contribution in [-0.2, 0) is 4.74 Å². The number of phenols is 2. The number of ether oxygens (including phenoxy) is 2. The second kappa shape index (κ2) is 8.34. The summed E-state index contributed by atoms with van der Waals surface area (Å²) in [5.41, 5.74) is -1.98. The molecular weight excluding hydrogens is 456 g/mol. The number of rotatable bonds is 4. The van der Waals surface area contributed by atoms with Crippen molar-refractivity contribution in [3.05, 3.63) is 51.6 Å². The number of phenolic OH excluding ortho intramolecular Hbond substituents is 1. The Bertz CT molecular complexity index is 1220. The van der Waals surface area contributed by atoms with E-state index in [2.05, 4.69) is 0 Å². The summed E-state index contributed by atoms with van der Waals surface area (Å²) in [4.78, 5) is 37.7. The lowest BCUT2D eigenvalue weighted by Crippen LogP contribution is -2.60. The Kier molecular flexibility index (Phi) is 5.79. The minimum atomic E-state index is -1.76. The molecule has 34 heavy (non-hydrogen) atoms. The standard InChI is InChI=1S/C22H20O12/c1-6-13-9(4-11(25)14(6)21(31)32)16(26)8-2-7(3-10(24)15(8)18(13)28)33-22-20(30)19(29)17(27)12(5-23)34-22/h2-4,12,17,19-20,22-25,27,29-30H,5H2,1H3,(H,31,32)/t12-,17+,19+,20+,22+/m0/s1. The number of benzene rings is 2. The highest BCUT2D eigenvalue weighted by Gasteiger charge is 2.45. The summed E-state index contributed by atoms with van der Waals surface area (Å²) in [6.07, 6.45) is -7.99. The second-order valence-corrected chi connectivity index (χ2v) is 7.96. The molecule has 7 N–H and O–H groups in total. The molecule has 0 bridgehead atoms. The van der Waals surface area contributed by atoms with E-state index in [4.69, 9.17) is 9.47 Å². The van der Waals surface area contributed by atoms with Gasteiger partial charge >= 0.3 is 5.97 Å². The van der Waals surface area contributed by atoms with E-state index >= 15 is 0 Å². The molecule has 4 rings (SSSR count). The van der Waals surface area contributed by atoms with Crippen LogP contribution in [0.2, 0.25) is 0 Å². The summed E-state index contributed by atoms with van der Waals surface area (Å²) < 4.78 is 10.7. The van der Waals surface area contributed by atoms with Crippen molar-refractivity contribution in [2.24, 2.45) is 0 Å². The number of hydrogen-bond donors (Lipinski definition) is 7. The zero-order valence-corrected chi connectivity index (χ0v) is 17.5. The molecule has 12 nitrogen and oxygen atoms in total. The monoisotopic (exact) mass is 476 g/mol. The average Bonchev–Trinajstić information content (AvgIpc) is 2.76. The van der Waals surface area contributed by atoms with Crippen LogP contribution < -0.4 is 4.74 Å². The molecule has 12 heteroatoms. The maximum atomic E-state index is 13.1. The summed E-state index contributed by atoms with van der Waals surface area (Å²) in [5, 5.41) is 69.2. The fourth-order valence-corrected chi connectivity index (χ4v) is 4.20. The zero-order chi connectivity index (χ0) is 25.1. The predicted molar refractivity (Wildman–Crippen MR) is 109 cm³/mol. The quantitative estimate of drug-likeness (QED) is 0.243. The minimum Gasteiger partial charge on any atom is -0.507 e. The topological polar surface area (TPSA) is 211 Å². The lowest BCUT2D eigenvalue weighted by molar-refractivity contribution is -0.277. The van der Waals surface area contributed by atoms with Crippen LogP contribution in [0.5, 0.6) is 17.2 Å². The van der Waals surface area contributed by atoms with Crippen molar-refractivity contribution >= 4 is 17.5 Å². The van der Waals surface area contributed by atoms with Crippen molar-refractivity contribution in [3.8, 4) is 17.2 Å². The number of aliphatic hydroxyl groups is 4. The first-order valence-corrected chi connectivity index (χ1v) is 10.0. The smallest absolute Gasteiger partial charge is 0.339 e. The molecule has 180 valence electrons. The Morgan fingerprint density at radius 3 is 2.21 bits per heavy atom. The number of hydrogen-bond acceptors (Lipinski definition) is 11. The molecular formula is C22H20O12. The van der Waals surface area contributed by atoms with Crippen molar-refractivity contribution in [3.63, 3.8) is 0 Å². The van der Waals surface area contributed by atoms with E-state index < -0.39 is 77.5 Å². The van der Waals surface area contributed by atoms with E-state index in [-0.39, 0.29) is 28.0 Å². The van der Waals surface area contributed by atoms with Gasteiger partial charge in [-0.1, -0.05) is 0 Å². The summed E-state index contributed by atoms with van der Waals surface area (Å²) in [6.45, 7) is 0.553. The first-order valence-electron chi connectivity index (χ1n) is 10.0. The van der Waals surface area contributed by atoms with Crippen molar-refractivity contribution < 1.29 is 59.6 Å². The van der Waals surface area contributed by atoms with Crippen LogP contribution in [0.3, 0.4) is 0 Å². The molecule has 0 radical (unpaired) electrons. The van der Waals surface area contributed by atoms with Gasteiger partial charge in [-0.2, -0.15) is 0 Å². The fraction of sp³-hybridized carbons (Fsp3) is 0.318. The molecule has 5 atom stereocenters. The highest BCUT2D eigenvalue weighted by atomic mass is 16.7. The van der Waals surface area contributed by atoms with E-state index in [1.165, 1.54) is 6.92 Å². The molecule has 1 saturated heterocycles. The molecule has 1 heterocycles. The van der Waals surface area contributed by atoms with Crippen LogP contribution in [0.25, 0.3) is 0 Å². The molecule has 0 amide bonds. The molecule has 0 spiro atoms. The number of carboxylic acids is 1. The van der Waals surface area contributed by atoms with Crippen molar-refractivity contribution in [1.82, 2.24) is 0 Å². The number of aromatic hydroxyl groups is 2. The number of carboxylic acid groups (broad SMARTS) is 1. The summed E-state index contributed by atoms with van der Waals surface area (Å²) in [5.74, 6) is -4.82. The van der Waals surface area contributed by atoms with E-state index in [1.807, 2.05) is 0 Å². The Labute approximate surface area is 190 Å². The fourth-order valence-electron chi connectivity index (χ4n) is 4.20. The van der Waals surface area contributed by atoms with E-state index in [0.717, 1.165) is 18.2 Å². The number of ketones is 2. The Morgan fingerprint density at radius 2 is 1.59 bits per heavy atom. The van der Waals surface area contributed by atoms with Gasteiger partial charge in [-0.05, 0) is 24.6 Å². The molecule has 2 aromatic carbocycles. The molecule has 0 aromatic heterocycles. The highest BCUT2D eigenvalue weighted by molar-refractivity contribution is 6.30. The van der Waals surface area contributed by atoms with Gasteiger partial charge in [-0.15, -0.1) is 0 Å². The minimum absolute atomic E-state index is 0.146. The van der Waals surface area contributed by atoms with Gasteiger partial charge in [-0.3, -0.25) is 9.59 Å². The second-order valence-electron chi connectivity index (χ2n) is 7.96. The largest absolute Gasteiger partial charge is 0.507 e. The Hall–Kier alpha value is -3.55. The van der Waals surface area contributed by atoms with E-state index in [1.54, 1.807) is 0 Å². The number of carbonyl (C=O) groups excluding carboxylic acids is 2. The zero-order valence-electron chi connectivity index (χ0n) is 17.5. The van der Waals surface area contributed by atoms with Crippen LogP contribution in [0.4, 0.5) is 0 Å². The van der Waals surface area contributed by atoms with Gasteiger partial charge in [0.1, 0.15) is 47.2 Å². The SMILES string of the molecule is Cc1c(C(=O)O)c(O)cc2c1C(=O)c1c(O)cc(O[C@@H]3O[C@@H](CO)[C@@H](O)[C@@H](O)[C@H]3O)cc1C2=O. The Morgan fingerprint density at radius 1 is 0.941 bits per heavy atom. The third-order valence-electron chi connectivity index (χ3n) is 5.91. The van der Waals surface area contributed by atoms with Crippen molar-refractivity contribution in [2.45, 2.75) is 37.6 Å². The summed E-state index contributed by atoms with van der Waals surface area (Å²) >= 11 is 0. The molecule has 0 saturated carbocycles. The third-order valence-corrected chi connectivity index (χ3v) is 5.91. The van der Waals surface area contributed by atoms with Gasteiger partial charge in [0.2, 0.25) is 6.29 Å². The maximum Gasteiger partial charge on any atom is 0.339 e. The molecule has 1 aliphatic heterocycles. The molecule has 1 aliphatic carbocycles. The predicted octanol–water partition coefficient (Wildman–Crippen LogP) is -0.941. The van der Waals surface area contributed by atoms with Gasteiger partial charge in [0, 0.05) is 22.8 Å². The molecule has 1 fully saturated rings. The molecule has 0 unspecified atom stereocenters. The van der Waals surface area contributed by atoms with E-state index in [0.29, 0.717) is 0 Å². The lowest BCUT2D eigenvalue weighted by atomic mass is 9.80. The number of aliphatic hydroxyl groups excluding tert-OH is 4. The number of carbonyl (C=O) groups is 3. The van der Waals surface area contributed by atoms with Crippen LogP contribution in [0.1, 0.15) is 47.8 Å². The number of aromatic carboxylic acids is 1. The normalized spacial score (nSPS) is 26.1. The first kappa shape index (κ1) is 23.6. The lowest BCUT2D eigenvalue weighted by Gasteiger charge is -2.39. The van der Waals surface area contributed by atoms with Crippen LogP contribution in [0, 0.1) is 6.92 Å². The van der Waals surface area contributed by atoms with Crippen LogP contribution >= 0.6 is 0 Å². The summed E-state index contributed by atoms with van der Waals surface area (Å²) in [6, 6.07) is 2.87. The first-order chi connectivity index (χ1) is 16.0. The molecule has 2 aromatic rings. The van der Waals surface area contributed by atoms with Gasteiger partial charge in [0.25, 0.3) is 0 Å². The molecule has 2 aliphatic rings. The summed E-state index contributed by atoms with van der Waals surface area (Å²) in [7, 11) is 0. The van der Waals surface area contributed by atoms with Gasteiger partial charge in [0.05, 0.1) is 12.2 Å². The van der Waals surface area contributed by atoms with Crippen molar-refractivity contribution in [2.75, 3.05) is 6.61 Å². The maximum absolute atomic E-state index is 13.1. The third kappa shape index (κ3) is 3.48. The van der Waals surface area contributed by atoms with Crippen LogP contribution in [-0.4, -0.2) is 90.6 Å². The Balaban J connectivity index is 1.75. The van der Waals surface area contributed by atoms with Crippen LogP contribution in [0.15, 0.2) is 18.2 Å². The van der Waals surface area contributed by atoms with Gasteiger partial charge in [0.15, 0.2) is 11.6 Å².